The molecule has 0 radical (unpaired) electrons. The highest BCUT2D eigenvalue weighted by Gasteiger charge is 2.61. The van der Waals surface area contributed by atoms with Crippen LogP contribution in [0.25, 0.3) is 0 Å². The summed E-state index contributed by atoms with van der Waals surface area (Å²) in [5.74, 6) is -0.623. The van der Waals surface area contributed by atoms with E-state index in [0.717, 1.165) is 5.57 Å². The monoisotopic (exact) mass is 264 g/mol. The Labute approximate surface area is 112 Å². The van der Waals surface area contributed by atoms with Crippen molar-refractivity contribution in [3.8, 4) is 0 Å². The van der Waals surface area contributed by atoms with Crippen LogP contribution in [-0.2, 0) is 9.53 Å². The van der Waals surface area contributed by atoms with E-state index in [4.69, 9.17) is 4.74 Å². The van der Waals surface area contributed by atoms with Crippen molar-refractivity contribution < 1.29 is 19.7 Å². The van der Waals surface area contributed by atoms with Crippen molar-refractivity contribution >= 4 is 5.97 Å². The maximum atomic E-state index is 11.7. The third kappa shape index (κ3) is 1.50. The minimum Gasteiger partial charge on any atom is -0.458 e. The Morgan fingerprint density at radius 2 is 2.11 bits per heavy atom. The average Bonchev–Trinajstić information content (AvgIpc) is 2.62. The minimum atomic E-state index is -0.649. The Morgan fingerprint density at radius 1 is 1.42 bits per heavy atom. The van der Waals surface area contributed by atoms with Gasteiger partial charge in [-0.05, 0) is 19.8 Å². The molecule has 0 amide bonds. The van der Waals surface area contributed by atoms with Crippen LogP contribution < -0.4 is 0 Å². The fourth-order valence-electron chi connectivity index (χ4n) is 4.12. The van der Waals surface area contributed by atoms with Gasteiger partial charge in [-0.2, -0.15) is 0 Å². The standard InChI is InChI=1S/C15H20O4/c1-7-4-5-10(16)15(3)11(17)6-9-8(2)14(18)19-13(9)12(7)15/h4,9-13,16-17H,2,5-6H2,1,3H3/t9-,10+,11+,12+,13-,15+/m0/s1. The Balaban J connectivity index is 2.08. The second-order valence-electron chi connectivity index (χ2n) is 6.30. The molecule has 1 aliphatic heterocycles. The second kappa shape index (κ2) is 3.93. The highest BCUT2D eigenvalue weighted by atomic mass is 16.6. The van der Waals surface area contributed by atoms with Crippen LogP contribution in [0.2, 0.25) is 0 Å². The minimum absolute atomic E-state index is 0.130. The molecule has 0 aromatic rings. The van der Waals surface area contributed by atoms with Crippen LogP contribution in [0.3, 0.4) is 0 Å². The van der Waals surface area contributed by atoms with Crippen LogP contribution in [0, 0.1) is 17.3 Å². The predicted octanol–water partition coefficient (Wildman–Crippen LogP) is 1.18. The van der Waals surface area contributed by atoms with E-state index < -0.39 is 17.6 Å². The van der Waals surface area contributed by atoms with Crippen molar-refractivity contribution in [2.24, 2.45) is 17.3 Å². The van der Waals surface area contributed by atoms with Crippen LogP contribution in [0.15, 0.2) is 23.8 Å². The topological polar surface area (TPSA) is 66.8 Å². The number of rotatable bonds is 0. The van der Waals surface area contributed by atoms with Gasteiger partial charge in [0.2, 0.25) is 0 Å². The number of fused-ring (bicyclic) bond motifs is 3. The van der Waals surface area contributed by atoms with Crippen LogP contribution in [0.1, 0.15) is 26.7 Å². The Bertz CT molecular complexity index is 481. The maximum absolute atomic E-state index is 11.7. The molecule has 4 heteroatoms. The van der Waals surface area contributed by atoms with E-state index in [1.54, 1.807) is 0 Å². The summed E-state index contributed by atoms with van der Waals surface area (Å²) in [5, 5.41) is 20.8. The molecule has 0 bridgehead atoms. The van der Waals surface area contributed by atoms with E-state index in [1.165, 1.54) is 0 Å². The molecule has 1 saturated carbocycles. The van der Waals surface area contributed by atoms with Crippen LogP contribution in [0.4, 0.5) is 0 Å². The predicted molar refractivity (Wildman–Crippen MR) is 69.1 cm³/mol. The summed E-state index contributed by atoms with van der Waals surface area (Å²) in [6, 6.07) is 0. The van der Waals surface area contributed by atoms with E-state index in [0.29, 0.717) is 18.4 Å². The molecule has 0 aromatic carbocycles. The largest absolute Gasteiger partial charge is 0.458 e. The van der Waals surface area contributed by atoms with Crippen LogP contribution in [-0.4, -0.2) is 34.5 Å². The summed E-state index contributed by atoms with van der Waals surface area (Å²) in [7, 11) is 0. The molecular formula is C15H20O4. The average molecular weight is 264 g/mol. The van der Waals surface area contributed by atoms with Crippen molar-refractivity contribution in [3.05, 3.63) is 23.8 Å². The van der Waals surface area contributed by atoms with Crippen molar-refractivity contribution in [1.82, 2.24) is 0 Å². The van der Waals surface area contributed by atoms with Gasteiger partial charge < -0.3 is 14.9 Å². The summed E-state index contributed by atoms with van der Waals surface area (Å²) in [5.41, 5.74) is 0.897. The third-order valence-electron chi connectivity index (χ3n) is 5.41. The smallest absolute Gasteiger partial charge is 0.334 e. The molecule has 104 valence electrons. The summed E-state index contributed by atoms with van der Waals surface area (Å²) in [6.45, 7) is 7.67. The SMILES string of the molecule is C=C1C(=O)O[C@@H]2[C@H]3C(C)=CC[C@@H](O)[C@]3(C)[C@H](O)C[C@@H]12. The molecule has 19 heavy (non-hydrogen) atoms. The summed E-state index contributed by atoms with van der Waals surface area (Å²) >= 11 is 0. The Hall–Kier alpha value is -1.13. The molecule has 6 atom stereocenters. The molecule has 4 nitrogen and oxygen atoms in total. The number of ether oxygens (including phenoxy) is 1. The molecule has 2 N–H and O–H groups in total. The Kier molecular flexibility index (Phi) is 2.67. The lowest BCUT2D eigenvalue weighted by atomic mass is 9.54. The summed E-state index contributed by atoms with van der Waals surface area (Å²) in [6.07, 6.45) is 1.42. The van der Waals surface area contributed by atoms with Gasteiger partial charge in [0, 0.05) is 22.8 Å². The lowest BCUT2D eigenvalue weighted by Crippen LogP contribution is -2.59. The molecule has 2 fully saturated rings. The van der Waals surface area contributed by atoms with Gasteiger partial charge in [0.1, 0.15) is 6.10 Å². The van der Waals surface area contributed by atoms with Crippen molar-refractivity contribution in [3.63, 3.8) is 0 Å². The lowest BCUT2D eigenvalue weighted by molar-refractivity contribution is -0.169. The second-order valence-corrected chi connectivity index (χ2v) is 6.30. The molecule has 3 rings (SSSR count). The number of aliphatic hydroxyl groups is 2. The zero-order valence-corrected chi connectivity index (χ0v) is 11.3. The number of hydrogen-bond acceptors (Lipinski definition) is 4. The maximum Gasteiger partial charge on any atom is 0.334 e. The first-order chi connectivity index (χ1) is 8.87. The molecule has 1 heterocycles. The van der Waals surface area contributed by atoms with Gasteiger partial charge in [-0.1, -0.05) is 25.2 Å². The summed E-state index contributed by atoms with van der Waals surface area (Å²) in [4.78, 5) is 11.7. The number of aliphatic hydroxyl groups excluding tert-OH is 2. The quantitative estimate of drug-likeness (QED) is 0.392. The van der Waals surface area contributed by atoms with Crippen LogP contribution in [0.5, 0.6) is 0 Å². The molecule has 0 unspecified atom stereocenters. The van der Waals surface area contributed by atoms with Crippen molar-refractivity contribution in [2.45, 2.75) is 45.0 Å². The van der Waals surface area contributed by atoms with Gasteiger partial charge in [-0.25, -0.2) is 4.79 Å². The van der Waals surface area contributed by atoms with Crippen molar-refractivity contribution in [2.75, 3.05) is 0 Å². The highest BCUT2D eigenvalue weighted by molar-refractivity contribution is 5.91. The van der Waals surface area contributed by atoms with Gasteiger partial charge in [0.25, 0.3) is 0 Å². The molecular weight excluding hydrogens is 244 g/mol. The number of carbonyl (C=O) groups is 1. The zero-order chi connectivity index (χ0) is 13.9. The first-order valence-corrected chi connectivity index (χ1v) is 6.80. The normalized spacial score (nSPS) is 49.3. The van der Waals surface area contributed by atoms with E-state index in [-0.39, 0.29) is 23.9 Å². The van der Waals surface area contributed by atoms with E-state index >= 15 is 0 Å². The van der Waals surface area contributed by atoms with Gasteiger partial charge in [-0.15, -0.1) is 0 Å². The summed E-state index contributed by atoms with van der Waals surface area (Å²) < 4.78 is 5.48. The number of hydrogen-bond donors (Lipinski definition) is 2. The highest BCUT2D eigenvalue weighted by Crippen LogP contribution is 2.56. The van der Waals surface area contributed by atoms with Gasteiger partial charge in [0.15, 0.2) is 0 Å². The van der Waals surface area contributed by atoms with E-state index in [9.17, 15) is 15.0 Å². The van der Waals surface area contributed by atoms with Crippen molar-refractivity contribution in [1.29, 1.82) is 0 Å². The molecule has 0 aromatic heterocycles. The Morgan fingerprint density at radius 3 is 2.79 bits per heavy atom. The zero-order valence-electron chi connectivity index (χ0n) is 11.3. The van der Waals surface area contributed by atoms with E-state index in [1.807, 2.05) is 19.9 Å². The lowest BCUT2D eigenvalue weighted by Gasteiger charge is -2.53. The number of esters is 1. The van der Waals surface area contributed by atoms with Gasteiger partial charge in [-0.3, -0.25) is 0 Å². The van der Waals surface area contributed by atoms with Gasteiger partial charge >= 0.3 is 5.97 Å². The molecule has 0 spiro atoms. The fraction of sp³-hybridized carbons (Fsp3) is 0.667. The van der Waals surface area contributed by atoms with E-state index in [2.05, 4.69) is 6.58 Å². The number of carbonyl (C=O) groups excluding carboxylic acids is 1. The molecule has 1 saturated heterocycles. The molecule has 2 aliphatic carbocycles. The first-order valence-electron chi connectivity index (χ1n) is 6.80. The van der Waals surface area contributed by atoms with Gasteiger partial charge in [0.05, 0.1) is 12.2 Å². The fourth-order valence-corrected chi connectivity index (χ4v) is 4.12. The molecule has 3 aliphatic rings. The first kappa shape index (κ1) is 12.9. The van der Waals surface area contributed by atoms with Crippen LogP contribution >= 0.6 is 0 Å². The third-order valence-corrected chi connectivity index (χ3v) is 5.41.